The minimum absolute atomic E-state index is 0.0695. The molecule has 0 heterocycles. The zero-order valence-electron chi connectivity index (χ0n) is 26.1. The predicted octanol–water partition coefficient (Wildman–Crippen LogP) is 0.767. The first kappa shape index (κ1) is 41.0. The molecule has 0 amide bonds. The van der Waals surface area contributed by atoms with Crippen LogP contribution in [0.2, 0.25) is 0 Å². The fourth-order valence-corrected chi connectivity index (χ4v) is 2.76. The molecule has 42 heavy (non-hydrogen) atoms. The molecule has 0 aromatic rings. The molecule has 0 atom stereocenters. The van der Waals surface area contributed by atoms with E-state index in [1.165, 1.54) is 7.11 Å². The lowest BCUT2D eigenvalue weighted by atomic mass is 10.5. The van der Waals surface area contributed by atoms with E-state index in [1.807, 2.05) is 13.8 Å². The standard InChI is InChI=1S/C28H56O14/c1-27(2)42-25-24-40-21-20-38-17-16-36-13-12-34-9-8-32-5-4-31-6-7-33-10-11-35-14-15-37-18-19-39-22-23-41-26-28(29)30-3/h27H,4-26H2,1-3H3. The number of ether oxygens (including phenoxy) is 13. The SMILES string of the molecule is COC(=O)COCCOCCOCCOCCOCCOCCOCCOCCOCCOCCOCCOC(C)C. The van der Waals surface area contributed by atoms with Crippen LogP contribution in [0.4, 0.5) is 0 Å². The molecule has 0 unspecified atom stereocenters. The first-order valence-corrected chi connectivity index (χ1v) is 14.7. The Morgan fingerprint density at radius 2 is 0.595 bits per heavy atom. The Morgan fingerprint density at radius 1 is 0.381 bits per heavy atom. The summed E-state index contributed by atoms with van der Waals surface area (Å²) in [5, 5.41) is 0. The number of hydrogen-bond donors (Lipinski definition) is 0. The van der Waals surface area contributed by atoms with Crippen molar-refractivity contribution in [2.24, 2.45) is 0 Å². The van der Waals surface area contributed by atoms with Crippen LogP contribution in [0, 0.1) is 0 Å². The van der Waals surface area contributed by atoms with Crippen molar-refractivity contribution in [1.82, 2.24) is 0 Å². The van der Waals surface area contributed by atoms with Crippen LogP contribution in [-0.4, -0.2) is 171 Å². The van der Waals surface area contributed by atoms with Crippen molar-refractivity contribution in [1.29, 1.82) is 0 Å². The van der Waals surface area contributed by atoms with Crippen molar-refractivity contribution >= 4 is 5.97 Å². The van der Waals surface area contributed by atoms with Crippen molar-refractivity contribution in [3.8, 4) is 0 Å². The summed E-state index contributed by atoms with van der Waals surface area (Å²) in [5.74, 6) is -0.407. The van der Waals surface area contributed by atoms with Gasteiger partial charge in [-0.1, -0.05) is 0 Å². The van der Waals surface area contributed by atoms with Gasteiger partial charge in [0.2, 0.25) is 0 Å². The molecule has 14 nitrogen and oxygen atoms in total. The molecule has 0 spiro atoms. The second-order valence-corrected chi connectivity index (χ2v) is 8.67. The summed E-state index contributed by atoms with van der Waals surface area (Å²) in [6.07, 6.45) is 0.228. The van der Waals surface area contributed by atoms with Crippen molar-refractivity contribution in [2.75, 3.05) is 159 Å². The first-order valence-electron chi connectivity index (χ1n) is 14.7. The number of rotatable bonds is 36. The minimum atomic E-state index is -0.407. The molecule has 0 saturated carbocycles. The Hall–Kier alpha value is -1.01. The van der Waals surface area contributed by atoms with Crippen LogP contribution >= 0.6 is 0 Å². The summed E-state index contributed by atoms with van der Waals surface area (Å²) in [4.78, 5) is 10.8. The predicted molar refractivity (Wildman–Crippen MR) is 152 cm³/mol. The quantitative estimate of drug-likeness (QED) is 0.0724. The maximum atomic E-state index is 10.8. The van der Waals surface area contributed by atoms with Crippen LogP contribution in [0.1, 0.15) is 13.8 Å². The van der Waals surface area contributed by atoms with E-state index in [9.17, 15) is 4.79 Å². The van der Waals surface area contributed by atoms with E-state index in [1.54, 1.807) is 0 Å². The van der Waals surface area contributed by atoms with E-state index in [0.29, 0.717) is 145 Å². The van der Waals surface area contributed by atoms with Crippen LogP contribution in [0.5, 0.6) is 0 Å². The third-order valence-corrected chi connectivity index (χ3v) is 4.85. The van der Waals surface area contributed by atoms with Gasteiger partial charge in [0.1, 0.15) is 6.61 Å². The second-order valence-electron chi connectivity index (χ2n) is 8.67. The van der Waals surface area contributed by atoms with Crippen LogP contribution < -0.4 is 0 Å². The maximum absolute atomic E-state index is 10.8. The molecule has 0 aromatic heterocycles. The van der Waals surface area contributed by atoms with Gasteiger partial charge in [0.05, 0.1) is 159 Å². The number of carbonyl (C=O) groups excluding carboxylic acids is 1. The summed E-state index contributed by atoms with van der Waals surface area (Å²) >= 11 is 0. The number of methoxy groups -OCH3 is 1. The van der Waals surface area contributed by atoms with Crippen molar-refractivity contribution in [3.63, 3.8) is 0 Å². The molecule has 0 saturated heterocycles. The summed E-state index contributed by atoms with van der Waals surface area (Å²) in [5.41, 5.74) is 0. The van der Waals surface area contributed by atoms with Crippen LogP contribution in [0.3, 0.4) is 0 Å². The van der Waals surface area contributed by atoms with E-state index in [2.05, 4.69) is 4.74 Å². The van der Waals surface area contributed by atoms with Crippen LogP contribution in [0.25, 0.3) is 0 Å². The number of carbonyl (C=O) groups is 1. The highest BCUT2D eigenvalue weighted by Crippen LogP contribution is 1.89. The third-order valence-electron chi connectivity index (χ3n) is 4.85. The van der Waals surface area contributed by atoms with Gasteiger partial charge in [-0.05, 0) is 13.8 Å². The molecular weight excluding hydrogens is 560 g/mol. The highest BCUT2D eigenvalue weighted by molar-refractivity contribution is 5.70. The Labute approximate surface area is 251 Å². The fraction of sp³-hybridized carbons (Fsp3) is 0.964. The normalized spacial score (nSPS) is 11.5. The molecule has 0 aliphatic carbocycles. The monoisotopic (exact) mass is 616 g/mol. The molecule has 0 aliphatic rings. The van der Waals surface area contributed by atoms with E-state index >= 15 is 0 Å². The van der Waals surface area contributed by atoms with Gasteiger partial charge in [-0.3, -0.25) is 0 Å². The lowest BCUT2D eigenvalue weighted by molar-refractivity contribution is -0.146. The largest absolute Gasteiger partial charge is 0.467 e. The smallest absolute Gasteiger partial charge is 0.331 e. The fourth-order valence-electron chi connectivity index (χ4n) is 2.76. The molecule has 252 valence electrons. The maximum Gasteiger partial charge on any atom is 0.331 e. The van der Waals surface area contributed by atoms with Gasteiger partial charge < -0.3 is 61.6 Å². The van der Waals surface area contributed by atoms with Gasteiger partial charge in [0.15, 0.2) is 0 Å². The van der Waals surface area contributed by atoms with E-state index < -0.39 is 5.97 Å². The minimum Gasteiger partial charge on any atom is -0.467 e. The Kier molecular flexibility index (Phi) is 35.3. The van der Waals surface area contributed by atoms with Gasteiger partial charge in [-0.25, -0.2) is 4.79 Å². The topological polar surface area (TPSA) is 137 Å². The molecule has 0 aliphatic heterocycles. The Balaban J connectivity index is 3.05. The molecule has 0 rings (SSSR count). The number of hydrogen-bond acceptors (Lipinski definition) is 14. The zero-order valence-corrected chi connectivity index (χ0v) is 26.1. The van der Waals surface area contributed by atoms with Crippen molar-refractivity contribution in [2.45, 2.75) is 20.0 Å². The van der Waals surface area contributed by atoms with Gasteiger partial charge in [-0.2, -0.15) is 0 Å². The van der Waals surface area contributed by atoms with E-state index in [-0.39, 0.29) is 12.7 Å². The number of esters is 1. The highest BCUT2D eigenvalue weighted by atomic mass is 16.6. The summed E-state index contributed by atoms with van der Waals surface area (Å²) in [6, 6.07) is 0. The summed E-state index contributed by atoms with van der Waals surface area (Å²) < 4.78 is 69.1. The van der Waals surface area contributed by atoms with Gasteiger partial charge in [0, 0.05) is 0 Å². The zero-order chi connectivity index (χ0) is 30.6. The first-order chi connectivity index (χ1) is 20.7. The van der Waals surface area contributed by atoms with Crippen LogP contribution in [0.15, 0.2) is 0 Å². The molecule has 0 N–H and O–H groups in total. The Bertz CT molecular complexity index is 527. The van der Waals surface area contributed by atoms with Gasteiger partial charge in [-0.15, -0.1) is 0 Å². The van der Waals surface area contributed by atoms with E-state index in [0.717, 1.165) is 0 Å². The second kappa shape index (κ2) is 36.2. The average molecular weight is 617 g/mol. The van der Waals surface area contributed by atoms with E-state index in [4.69, 9.17) is 56.8 Å². The molecule has 14 heteroatoms. The molecule has 0 radical (unpaired) electrons. The lowest BCUT2D eigenvalue weighted by Crippen LogP contribution is -2.16. The summed E-state index contributed by atoms with van der Waals surface area (Å²) in [7, 11) is 1.31. The summed E-state index contributed by atoms with van der Waals surface area (Å²) in [6.45, 7) is 14.9. The average Bonchev–Trinajstić information content (AvgIpc) is 2.98. The third kappa shape index (κ3) is 37.0. The molecule has 0 aromatic carbocycles. The molecule has 0 bridgehead atoms. The van der Waals surface area contributed by atoms with Gasteiger partial charge in [0.25, 0.3) is 0 Å². The highest BCUT2D eigenvalue weighted by Gasteiger charge is 1.99. The Morgan fingerprint density at radius 3 is 0.810 bits per heavy atom. The molecular formula is C28H56O14. The van der Waals surface area contributed by atoms with Gasteiger partial charge >= 0.3 is 5.97 Å². The van der Waals surface area contributed by atoms with Crippen LogP contribution in [-0.2, 0) is 66.4 Å². The van der Waals surface area contributed by atoms with Crippen molar-refractivity contribution < 1.29 is 66.4 Å². The lowest BCUT2D eigenvalue weighted by Gasteiger charge is -2.09. The van der Waals surface area contributed by atoms with Crippen molar-refractivity contribution in [3.05, 3.63) is 0 Å². The molecule has 0 fully saturated rings.